The summed E-state index contributed by atoms with van der Waals surface area (Å²) in [5.74, 6) is 0.850. The van der Waals surface area contributed by atoms with E-state index in [-0.39, 0.29) is 16.3 Å². The molecule has 2 rings (SSSR count). The summed E-state index contributed by atoms with van der Waals surface area (Å²) >= 11 is 0. The van der Waals surface area contributed by atoms with E-state index in [1.807, 2.05) is 24.3 Å². The van der Waals surface area contributed by atoms with Crippen molar-refractivity contribution in [1.82, 2.24) is 0 Å². The summed E-state index contributed by atoms with van der Waals surface area (Å²) in [6.07, 6.45) is 7.38. The first-order valence-electron chi connectivity index (χ1n) is 7.17. The highest BCUT2D eigenvalue weighted by Gasteiger charge is 2.13. The van der Waals surface area contributed by atoms with Gasteiger partial charge in [-0.1, -0.05) is 31.4 Å². The normalized spacial score (nSPS) is 15.4. The van der Waals surface area contributed by atoms with E-state index >= 15 is 0 Å². The minimum absolute atomic E-state index is 0. The molecule has 3 nitrogen and oxygen atoms in total. The van der Waals surface area contributed by atoms with Crippen molar-refractivity contribution >= 4 is 15.9 Å². The predicted molar refractivity (Wildman–Crippen MR) is 85.6 cm³/mol. The number of rotatable bonds is 6. The fraction of sp³-hybridized carbons (Fsp3) is 0.562. The molecule has 0 spiro atoms. The van der Waals surface area contributed by atoms with E-state index in [0.717, 1.165) is 17.9 Å². The molecule has 0 aromatic heterocycles. The molecule has 112 valence electrons. The standard InChI is InChI=1S/C16H22O3.H3P/c17-16(18)11-8-13-6-9-15(10-7-13)19-12-14-4-2-1-3-5-14;/h6-7,9-10,14H,1-5,8,11-12H2,(H,17,18);1H3. The molecule has 1 unspecified atom stereocenters. The molecule has 1 saturated carbocycles. The van der Waals surface area contributed by atoms with Crippen molar-refractivity contribution < 1.29 is 14.6 Å². The molecule has 1 aliphatic rings. The molecule has 20 heavy (non-hydrogen) atoms. The Labute approximate surface area is 124 Å². The van der Waals surface area contributed by atoms with Crippen molar-refractivity contribution in [2.45, 2.75) is 44.9 Å². The molecule has 0 aliphatic heterocycles. The second-order valence-corrected chi connectivity index (χ2v) is 5.35. The summed E-state index contributed by atoms with van der Waals surface area (Å²) in [4.78, 5) is 10.5. The Balaban J connectivity index is 0.00000200. The fourth-order valence-corrected chi connectivity index (χ4v) is 2.57. The molecule has 0 radical (unpaired) electrons. The second-order valence-electron chi connectivity index (χ2n) is 5.35. The van der Waals surface area contributed by atoms with Crippen LogP contribution in [0, 0.1) is 5.92 Å². The van der Waals surface area contributed by atoms with Gasteiger partial charge in [-0.05, 0) is 42.9 Å². The highest BCUT2D eigenvalue weighted by molar-refractivity contribution is 6.92. The summed E-state index contributed by atoms with van der Waals surface area (Å²) in [5.41, 5.74) is 1.05. The van der Waals surface area contributed by atoms with Crippen LogP contribution >= 0.6 is 9.90 Å². The Hall–Kier alpha value is -1.08. The number of hydrogen-bond acceptors (Lipinski definition) is 2. The van der Waals surface area contributed by atoms with Gasteiger partial charge in [0.1, 0.15) is 5.75 Å². The number of carboxylic acid groups (broad SMARTS) is 1. The smallest absolute Gasteiger partial charge is 0.303 e. The Morgan fingerprint density at radius 1 is 1.15 bits per heavy atom. The van der Waals surface area contributed by atoms with Crippen LogP contribution in [-0.2, 0) is 11.2 Å². The molecule has 4 heteroatoms. The molecule has 1 aromatic rings. The largest absolute Gasteiger partial charge is 0.493 e. The van der Waals surface area contributed by atoms with E-state index in [2.05, 4.69) is 0 Å². The molecule has 1 N–H and O–H groups in total. The molecular weight excluding hydrogens is 271 g/mol. The van der Waals surface area contributed by atoms with Crippen LogP contribution in [0.1, 0.15) is 44.1 Å². The van der Waals surface area contributed by atoms with Crippen LogP contribution in [0.4, 0.5) is 0 Å². The number of carbonyl (C=O) groups is 1. The van der Waals surface area contributed by atoms with Crippen molar-refractivity contribution in [3.05, 3.63) is 29.8 Å². The zero-order valence-corrected chi connectivity index (χ0v) is 13.4. The van der Waals surface area contributed by atoms with Gasteiger partial charge in [-0.25, -0.2) is 0 Å². The zero-order chi connectivity index (χ0) is 13.5. The average Bonchev–Trinajstić information content (AvgIpc) is 2.45. The Morgan fingerprint density at radius 3 is 2.40 bits per heavy atom. The van der Waals surface area contributed by atoms with Crippen molar-refractivity contribution in [1.29, 1.82) is 0 Å². The van der Waals surface area contributed by atoms with Crippen molar-refractivity contribution in [2.75, 3.05) is 6.61 Å². The van der Waals surface area contributed by atoms with Gasteiger partial charge in [0.05, 0.1) is 6.61 Å². The third kappa shape index (κ3) is 5.92. The first kappa shape index (κ1) is 17.0. The summed E-state index contributed by atoms with van der Waals surface area (Å²) in [6, 6.07) is 7.80. The van der Waals surface area contributed by atoms with E-state index in [1.54, 1.807) is 0 Å². The SMILES string of the molecule is O=C(O)CCc1ccc(OCC2CCCCC2)cc1.P. The van der Waals surface area contributed by atoms with Crippen molar-refractivity contribution in [2.24, 2.45) is 5.92 Å². The van der Waals surface area contributed by atoms with E-state index < -0.39 is 5.97 Å². The molecular formula is C16H25O3P. The highest BCUT2D eigenvalue weighted by atomic mass is 31.0. The van der Waals surface area contributed by atoms with Gasteiger partial charge in [-0.3, -0.25) is 4.79 Å². The van der Waals surface area contributed by atoms with Crippen LogP contribution in [0.5, 0.6) is 5.75 Å². The van der Waals surface area contributed by atoms with Crippen LogP contribution in [0.2, 0.25) is 0 Å². The Bertz CT molecular complexity index is 397. The Kier molecular flexibility index (Phi) is 7.61. The molecule has 1 aromatic carbocycles. The lowest BCUT2D eigenvalue weighted by Crippen LogP contribution is -2.15. The van der Waals surface area contributed by atoms with E-state index in [4.69, 9.17) is 9.84 Å². The monoisotopic (exact) mass is 296 g/mol. The third-order valence-corrected chi connectivity index (χ3v) is 3.76. The molecule has 0 bridgehead atoms. The lowest BCUT2D eigenvalue weighted by atomic mass is 9.90. The van der Waals surface area contributed by atoms with Crippen molar-refractivity contribution in [3.63, 3.8) is 0 Å². The summed E-state index contributed by atoms with van der Waals surface area (Å²) < 4.78 is 5.81. The topological polar surface area (TPSA) is 46.5 Å². The predicted octanol–water partition coefficient (Wildman–Crippen LogP) is 3.72. The maximum Gasteiger partial charge on any atom is 0.303 e. The number of aliphatic carboxylic acids is 1. The molecule has 1 aliphatic carbocycles. The summed E-state index contributed by atoms with van der Waals surface area (Å²) in [5, 5.41) is 8.63. The first-order chi connectivity index (χ1) is 9.24. The molecule has 0 saturated heterocycles. The van der Waals surface area contributed by atoms with Crippen LogP contribution in [0.3, 0.4) is 0 Å². The highest BCUT2D eigenvalue weighted by Crippen LogP contribution is 2.24. The molecule has 0 heterocycles. The molecule has 0 amide bonds. The van der Waals surface area contributed by atoms with E-state index in [9.17, 15) is 4.79 Å². The number of benzene rings is 1. The maximum absolute atomic E-state index is 10.5. The third-order valence-electron chi connectivity index (χ3n) is 3.76. The molecule has 1 fully saturated rings. The average molecular weight is 296 g/mol. The van der Waals surface area contributed by atoms with Gasteiger partial charge in [-0.2, -0.15) is 9.90 Å². The van der Waals surface area contributed by atoms with E-state index in [1.165, 1.54) is 32.1 Å². The van der Waals surface area contributed by atoms with Gasteiger partial charge in [0.25, 0.3) is 0 Å². The van der Waals surface area contributed by atoms with Gasteiger partial charge < -0.3 is 9.84 Å². The summed E-state index contributed by atoms with van der Waals surface area (Å²) in [6.45, 7) is 0.814. The number of aryl methyl sites for hydroxylation is 1. The Morgan fingerprint density at radius 2 is 1.80 bits per heavy atom. The number of carboxylic acids is 1. The zero-order valence-electron chi connectivity index (χ0n) is 12.0. The fourth-order valence-electron chi connectivity index (χ4n) is 2.57. The lowest BCUT2D eigenvalue weighted by molar-refractivity contribution is -0.136. The van der Waals surface area contributed by atoms with E-state index in [0.29, 0.717) is 12.3 Å². The summed E-state index contributed by atoms with van der Waals surface area (Å²) in [7, 11) is 0. The number of hydrogen-bond donors (Lipinski definition) is 1. The lowest BCUT2D eigenvalue weighted by Gasteiger charge is -2.21. The van der Waals surface area contributed by atoms with Gasteiger partial charge in [0.15, 0.2) is 0 Å². The van der Waals surface area contributed by atoms with Gasteiger partial charge in [-0.15, -0.1) is 0 Å². The molecule has 1 atom stereocenters. The van der Waals surface area contributed by atoms with Gasteiger partial charge in [0, 0.05) is 6.42 Å². The van der Waals surface area contributed by atoms with Crippen LogP contribution in [0.25, 0.3) is 0 Å². The second kappa shape index (κ2) is 8.97. The quantitative estimate of drug-likeness (QED) is 0.814. The van der Waals surface area contributed by atoms with Crippen LogP contribution in [0.15, 0.2) is 24.3 Å². The van der Waals surface area contributed by atoms with Crippen LogP contribution < -0.4 is 4.74 Å². The van der Waals surface area contributed by atoms with Crippen molar-refractivity contribution in [3.8, 4) is 5.75 Å². The minimum atomic E-state index is -0.752. The number of ether oxygens (including phenoxy) is 1. The maximum atomic E-state index is 10.5. The van der Waals surface area contributed by atoms with Crippen LogP contribution in [-0.4, -0.2) is 17.7 Å². The first-order valence-corrected chi connectivity index (χ1v) is 7.17. The van der Waals surface area contributed by atoms with Gasteiger partial charge in [0.2, 0.25) is 0 Å². The van der Waals surface area contributed by atoms with Gasteiger partial charge >= 0.3 is 5.97 Å². The minimum Gasteiger partial charge on any atom is -0.493 e.